The van der Waals surface area contributed by atoms with Crippen molar-refractivity contribution in [3.8, 4) is 11.4 Å². The zero-order valence-corrected chi connectivity index (χ0v) is 13.0. The number of nitrogens with zero attached hydrogens (tertiary/aromatic N) is 3. The van der Waals surface area contributed by atoms with Crippen molar-refractivity contribution in [2.75, 3.05) is 0 Å². The molecule has 0 spiro atoms. The van der Waals surface area contributed by atoms with Crippen LogP contribution in [0.15, 0.2) is 54.9 Å². The lowest BCUT2D eigenvalue weighted by molar-refractivity contribution is 0.578. The largest absolute Gasteiger partial charge is 0.265 e. The predicted octanol–water partition coefficient (Wildman–Crippen LogP) is 1.49. The highest BCUT2D eigenvalue weighted by molar-refractivity contribution is 7.88. The Hall–Kier alpha value is -2.58. The molecule has 8 heteroatoms. The van der Waals surface area contributed by atoms with E-state index in [2.05, 4.69) is 24.9 Å². The van der Waals surface area contributed by atoms with Crippen molar-refractivity contribution in [1.29, 1.82) is 0 Å². The fraction of sp³-hybridized carbons (Fsp3) is 0.133. The number of H-pyrrole nitrogens is 1. The first-order chi connectivity index (χ1) is 11.1. The Morgan fingerprint density at radius 1 is 1.04 bits per heavy atom. The van der Waals surface area contributed by atoms with E-state index < -0.39 is 10.0 Å². The number of hydrogen-bond acceptors (Lipinski definition) is 5. The Balaban J connectivity index is 1.63. The molecular weight excluding hydrogens is 314 g/mol. The molecule has 0 aliphatic heterocycles. The Morgan fingerprint density at radius 2 is 1.78 bits per heavy atom. The number of rotatable bonds is 6. The van der Waals surface area contributed by atoms with Gasteiger partial charge in [-0.2, -0.15) is 5.10 Å². The van der Waals surface area contributed by atoms with E-state index in [4.69, 9.17) is 0 Å². The summed E-state index contributed by atoms with van der Waals surface area (Å²) in [4.78, 5) is 8.20. The molecular formula is C15H15N5O2S. The molecule has 2 heterocycles. The standard InChI is InChI=1S/C15H15N5O2S/c21-23(22,11-12-4-2-1-3-5-12)17-10-14-18-15(20-19-14)13-6-8-16-9-7-13/h1-9,17H,10-11H2,(H,18,19,20). The molecule has 0 radical (unpaired) electrons. The van der Waals surface area contributed by atoms with Gasteiger partial charge in [0.15, 0.2) is 5.82 Å². The van der Waals surface area contributed by atoms with Gasteiger partial charge in [-0.1, -0.05) is 30.3 Å². The summed E-state index contributed by atoms with van der Waals surface area (Å²) in [5, 5.41) is 6.80. The van der Waals surface area contributed by atoms with Crippen LogP contribution in [0.5, 0.6) is 0 Å². The maximum Gasteiger partial charge on any atom is 0.216 e. The van der Waals surface area contributed by atoms with Crippen LogP contribution >= 0.6 is 0 Å². The number of aromatic amines is 1. The molecule has 0 saturated carbocycles. The molecule has 0 aliphatic carbocycles. The van der Waals surface area contributed by atoms with Crippen LogP contribution in [0.25, 0.3) is 11.4 Å². The Labute approximate surface area is 133 Å². The van der Waals surface area contributed by atoms with E-state index in [1.54, 1.807) is 36.7 Å². The minimum Gasteiger partial charge on any atom is -0.265 e. The number of hydrogen-bond donors (Lipinski definition) is 2. The minimum atomic E-state index is -3.44. The summed E-state index contributed by atoms with van der Waals surface area (Å²) in [6.07, 6.45) is 3.29. The van der Waals surface area contributed by atoms with E-state index in [0.29, 0.717) is 11.6 Å². The van der Waals surface area contributed by atoms with Crippen LogP contribution in [0.3, 0.4) is 0 Å². The molecule has 3 rings (SSSR count). The Bertz CT molecular complexity index is 863. The van der Waals surface area contributed by atoms with Crippen molar-refractivity contribution >= 4 is 10.0 Å². The molecule has 3 aromatic rings. The van der Waals surface area contributed by atoms with Gasteiger partial charge in [-0.05, 0) is 17.7 Å². The van der Waals surface area contributed by atoms with E-state index in [1.807, 2.05) is 18.2 Å². The molecule has 0 amide bonds. The molecule has 0 atom stereocenters. The highest BCUT2D eigenvalue weighted by Gasteiger charge is 2.13. The average Bonchev–Trinajstić information content (AvgIpc) is 3.04. The third-order valence-corrected chi connectivity index (χ3v) is 4.43. The van der Waals surface area contributed by atoms with Gasteiger partial charge in [-0.25, -0.2) is 18.1 Å². The summed E-state index contributed by atoms with van der Waals surface area (Å²) in [5.74, 6) is 0.886. The molecule has 7 nitrogen and oxygen atoms in total. The van der Waals surface area contributed by atoms with Gasteiger partial charge in [0.1, 0.15) is 5.82 Å². The number of pyridine rings is 1. The van der Waals surface area contributed by atoms with Crippen LogP contribution in [0.1, 0.15) is 11.4 Å². The molecule has 0 saturated heterocycles. The molecule has 0 aliphatic rings. The lowest BCUT2D eigenvalue weighted by atomic mass is 10.2. The number of benzene rings is 1. The fourth-order valence-electron chi connectivity index (χ4n) is 2.03. The van der Waals surface area contributed by atoms with E-state index in [1.165, 1.54) is 0 Å². The molecule has 2 N–H and O–H groups in total. The molecule has 118 valence electrons. The molecule has 0 unspecified atom stereocenters. The van der Waals surface area contributed by atoms with E-state index in [-0.39, 0.29) is 12.3 Å². The van der Waals surface area contributed by atoms with Crippen molar-refractivity contribution in [3.05, 3.63) is 66.2 Å². The number of aromatic nitrogens is 4. The van der Waals surface area contributed by atoms with Gasteiger partial charge < -0.3 is 0 Å². The average molecular weight is 329 g/mol. The third-order valence-electron chi connectivity index (χ3n) is 3.13. The quantitative estimate of drug-likeness (QED) is 0.713. The van der Waals surface area contributed by atoms with Gasteiger partial charge in [0, 0.05) is 18.0 Å². The van der Waals surface area contributed by atoms with Gasteiger partial charge in [0.2, 0.25) is 10.0 Å². The van der Waals surface area contributed by atoms with Crippen LogP contribution in [0.4, 0.5) is 0 Å². The van der Waals surface area contributed by atoms with Crippen LogP contribution in [-0.2, 0) is 22.3 Å². The van der Waals surface area contributed by atoms with Gasteiger partial charge in [-0.3, -0.25) is 10.1 Å². The first kappa shape index (κ1) is 15.3. The molecule has 0 fully saturated rings. The van der Waals surface area contributed by atoms with Crippen LogP contribution in [-0.4, -0.2) is 28.6 Å². The van der Waals surface area contributed by atoms with Gasteiger partial charge in [0.05, 0.1) is 12.3 Å². The van der Waals surface area contributed by atoms with Crippen LogP contribution in [0, 0.1) is 0 Å². The smallest absolute Gasteiger partial charge is 0.216 e. The van der Waals surface area contributed by atoms with E-state index >= 15 is 0 Å². The highest BCUT2D eigenvalue weighted by Crippen LogP contribution is 2.12. The van der Waals surface area contributed by atoms with Crippen molar-refractivity contribution in [3.63, 3.8) is 0 Å². The topological polar surface area (TPSA) is 101 Å². The zero-order valence-electron chi connectivity index (χ0n) is 12.2. The summed E-state index contributed by atoms with van der Waals surface area (Å²) < 4.78 is 26.7. The SMILES string of the molecule is O=S(=O)(Cc1ccccc1)NCc1nc(-c2ccncc2)n[nH]1. The maximum atomic E-state index is 12.1. The second-order valence-corrected chi connectivity index (χ2v) is 6.71. The third kappa shape index (κ3) is 4.21. The summed E-state index contributed by atoms with van der Waals surface area (Å²) >= 11 is 0. The van der Waals surface area contributed by atoms with Crippen molar-refractivity contribution in [1.82, 2.24) is 24.9 Å². The molecule has 23 heavy (non-hydrogen) atoms. The Morgan fingerprint density at radius 3 is 2.52 bits per heavy atom. The van der Waals surface area contributed by atoms with Gasteiger partial charge in [-0.15, -0.1) is 0 Å². The second-order valence-electron chi connectivity index (χ2n) is 4.91. The highest BCUT2D eigenvalue weighted by atomic mass is 32.2. The van der Waals surface area contributed by atoms with Gasteiger partial charge in [0.25, 0.3) is 0 Å². The molecule has 0 bridgehead atoms. The van der Waals surface area contributed by atoms with E-state index in [9.17, 15) is 8.42 Å². The van der Waals surface area contributed by atoms with E-state index in [0.717, 1.165) is 11.1 Å². The monoisotopic (exact) mass is 329 g/mol. The lowest BCUT2D eigenvalue weighted by Gasteiger charge is -2.04. The van der Waals surface area contributed by atoms with Crippen molar-refractivity contribution < 1.29 is 8.42 Å². The molecule has 2 aromatic heterocycles. The first-order valence-electron chi connectivity index (χ1n) is 6.95. The predicted molar refractivity (Wildman–Crippen MR) is 85.5 cm³/mol. The fourth-order valence-corrected chi connectivity index (χ4v) is 3.12. The van der Waals surface area contributed by atoms with Crippen LogP contribution < -0.4 is 4.72 Å². The van der Waals surface area contributed by atoms with Crippen LogP contribution in [0.2, 0.25) is 0 Å². The normalized spacial score (nSPS) is 11.5. The lowest BCUT2D eigenvalue weighted by Crippen LogP contribution is -2.25. The maximum absolute atomic E-state index is 12.1. The summed E-state index contributed by atoms with van der Waals surface area (Å²) in [7, 11) is -3.44. The van der Waals surface area contributed by atoms with Crippen molar-refractivity contribution in [2.45, 2.75) is 12.3 Å². The number of sulfonamides is 1. The summed E-state index contributed by atoms with van der Waals surface area (Å²) in [6.45, 7) is 0.0627. The first-order valence-corrected chi connectivity index (χ1v) is 8.60. The zero-order chi connectivity index (χ0) is 16.1. The second kappa shape index (κ2) is 6.67. The summed E-state index contributed by atoms with van der Waals surface area (Å²) in [6, 6.07) is 12.6. The molecule has 1 aromatic carbocycles. The minimum absolute atomic E-state index is 0.0627. The van der Waals surface area contributed by atoms with Gasteiger partial charge >= 0.3 is 0 Å². The summed E-state index contributed by atoms with van der Waals surface area (Å²) in [5.41, 5.74) is 1.55. The van der Waals surface area contributed by atoms with Crippen molar-refractivity contribution in [2.24, 2.45) is 0 Å². The Kier molecular flexibility index (Phi) is 4.45. The number of nitrogens with one attached hydrogen (secondary N) is 2.